The largest absolute Gasteiger partial charge is 0.507 e. The first kappa shape index (κ1) is 40.5. The van der Waals surface area contributed by atoms with Crippen LogP contribution in [-0.4, -0.2) is 36.4 Å². The van der Waals surface area contributed by atoms with Crippen molar-refractivity contribution < 1.29 is 33.6 Å². The maximum Gasteiger partial charge on any atom is 0.343 e. The Kier molecular flexibility index (Phi) is 17.8. The zero-order valence-electron chi connectivity index (χ0n) is 31.2. The van der Waals surface area contributed by atoms with Gasteiger partial charge in [0.15, 0.2) is 0 Å². The van der Waals surface area contributed by atoms with Gasteiger partial charge in [-0.25, -0.2) is 10.2 Å². The lowest BCUT2D eigenvalue weighted by Gasteiger charge is -2.09. The number of carbonyl (C=O) groups excluding carboxylic acids is 2. The fourth-order valence-corrected chi connectivity index (χ4v) is 5.47. The summed E-state index contributed by atoms with van der Waals surface area (Å²) in [6.45, 7) is 6.17. The van der Waals surface area contributed by atoms with E-state index in [2.05, 4.69) is 24.4 Å². The van der Waals surface area contributed by atoms with E-state index in [0.29, 0.717) is 41.4 Å². The number of nitrogens with one attached hydrogen (secondary N) is 1. The number of phenols is 1. The molecule has 4 aromatic carbocycles. The maximum atomic E-state index is 12.6. The summed E-state index contributed by atoms with van der Waals surface area (Å²) >= 11 is 0. The molecule has 0 saturated heterocycles. The van der Waals surface area contributed by atoms with Gasteiger partial charge < -0.3 is 24.1 Å². The lowest BCUT2D eigenvalue weighted by molar-refractivity contribution is 0.0734. The SMILES string of the molecule is CCCCCCCCCCOc1ccc(COc2ccc(C(=O)N/N=C/c3ccc(OC(=O)c4ccc(OCCCCCC)cc4)cc3O)cc2)cc1. The van der Waals surface area contributed by atoms with Crippen molar-refractivity contribution in [3.05, 3.63) is 113 Å². The lowest BCUT2D eigenvalue weighted by atomic mass is 10.1. The first-order valence-electron chi connectivity index (χ1n) is 19.0. The third-order valence-corrected chi connectivity index (χ3v) is 8.65. The van der Waals surface area contributed by atoms with Gasteiger partial charge in [0, 0.05) is 17.2 Å². The van der Waals surface area contributed by atoms with Crippen LogP contribution in [0.2, 0.25) is 0 Å². The molecule has 2 N–H and O–H groups in total. The van der Waals surface area contributed by atoms with Gasteiger partial charge in [0.1, 0.15) is 35.4 Å². The summed E-state index contributed by atoms with van der Waals surface area (Å²) in [7, 11) is 0. The Morgan fingerprint density at radius 2 is 1.09 bits per heavy atom. The molecule has 282 valence electrons. The summed E-state index contributed by atoms with van der Waals surface area (Å²) in [5.41, 5.74) is 4.55. The number of ether oxygens (including phenoxy) is 4. The second kappa shape index (κ2) is 23.3. The van der Waals surface area contributed by atoms with E-state index in [-0.39, 0.29) is 11.5 Å². The second-order valence-corrected chi connectivity index (χ2v) is 13.0. The molecule has 0 saturated carbocycles. The van der Waals surface area contributed by atoms with E-state index >= 15 is 0 Å². The molecule has 0 fully saturated rings. The Morgan fingerprint density at radius 1 is 0.604 bits per heavy atom. The summed E-state index contributed by atoms with van der Waals surface area (Å²) in [6, 6.07) is 25.8. The summed E-state index contributed by atoms with van der Waals surface area (Å²) < 4.78 is 22.9. The molecule has 4 rings (SSSR count). The van der Waals surface area contributed by atoms with Crippen LogP contribution in [-0.2, 0) is 6.61 Å². The number of rotatable bonds is 24. The molecule has 4 aromatic rings. The maximum absolute atomic E-state index is 12.6. The summed E-state index contributed by atoms with van der Waals surface area (Å²) in [5, 5.41) is 14.4. The van der Waals surface area contributed by atoms with Crippen LogP contribution in [0.5, 0.6) is 28.7 Å². The van der Waals surface area contributed by atoms with Crippen molar-refractivity contribution in [2.75, 3.05) is 13.2 Å². The van der Waals surface area contributed by atoms with Crippen LogP contribution in [0.4, 0.5) is 0 Å². The Bertz CT molecular complexity index is 1690. The molecule has 0 aromatic heterocycles. The van der Waals surface area contributed by atoms with E-state index in [1.54, 1.807) is 48.5 Å². The van der Waals surface area contributed by atoms with Crippen molar-refractivity contribution in [2.24, 2.45) is 5.10 Å². The van der Waals surface area contributed by atoms with E-state index in [4.69, 9.17) is 18.9 Å². The molecule has 0 spiro atoms. The number of unbranched alkanes of at least 4 members (excludes halogenated alkanes) is 10. The van der Waals surface area contributed by atoms with E-state index < -0.39 is 11.9 Å². The minimum atomic E-state index is -0.562. The number of esters is 1. The van der Waals surface area contributed by atoms with Gasteiger partial charge in [-0.1, -0.05) is 90.2 Å². The number of amides is 1. The van der Waals surface area contributed by atoms with E-state index in [9.17, 15) is 14.7 Å². The molecular formula is C44H54N2O7. The highest BCUT2D eigenvalue weighted by molar-refractivity contribution is 5.95. The van der Waals surface area contributed by atoms with Crippen molar-refractivity contribution in [3.8, 4) is 28.7 Å². The molecule has 53 heavy (non-hydrogen) atoms. The van der Waals surface area contributed by atoms with E-state index in [1.807, 2.05) is 24.3 Å². The summed E-state index contributed by atoms with van der Waals surface area (Å²) in [6.07, 6.45) is 16.0. The molecule has 0 heterocycles. The third kappa shape index (κ3) is 15.1. The minimum absolute atomic E-state index is 0.164. The van der Waals surface area contributed by atoms with Crippen LogP contribution < -0.4 is 24.4 Å². The fourth-order valence-electron chi connectivity index (χ4n) is 5.47. The van der Waals surface area contributed by atoms with Gasteiger partial charge in [0.05, 0.1) is 25.0 Å². The molecule has 1 amide bonds. The quantitative estimate of drug-likeness (QED) is 0.0243. The smallest absolute Gasteiger partial charge is 0.343 e. The Labute approximate surface area is 314 Å². The molecule has 9 nitrogen and oxygen atoms in total. The predicted molar refractivity (Wildman–Crippen MR) is 210 cm³/mol. The second-order valence-electron chi connectivity index (χ2n) is 13.0. The van der Waals surface area contributed by atoms with Gasteiger partial charge in [-0.3, -0.25) is 4.79 Å². The number of aromatic hydroxyl groups is 1. The first-order valence-corrected chi connectivity index (χ1v) is 19.0. The fraction of sp³-hybridized carbons (Fsp3) is 0.386. The van der Waals surface area contributed by atoms with Gasteiger partial charge in [-0.15, -0.1) is 0 Å². The van der Waals surface area contributed by atoms with Gasteiger partial charge in [-0.2, -0.15) is 5.10 Å². The number of phenolic OH excluding ortho intramolecular Hbond substituents is 1. The molecular weight excluding hydrogens is 668 g/mol. The van der Waals surface area contributed by atoms with E-state index in [1.165, 1.54) is 82.2 Å². The third-order valence-electron chi connectivity index (χ3n) is 8.65. The number of nitrogens with zero attached hydrogens (tertiary/aromatic N) is 1. The van der Waals surface area contributed by atoms with Crippen LogP contribution in [0.25, 0.3) is 0 Å². The standard InChI is InChI=1S/C44H54N2O7/c1-3-5-7-9-10-11-12-14-30-50-38-22-15-34(16-23-38)33-52-40-24-17-35(18-25-40)43(48)46-45-32-37-21-28-41(31-42(37)47)53-44(49)36-19-26-39(27-20-36)51-29-13-8-6-4-2/h15-28,31-32,47H,3-14,29-30,33H2,1-2H3,(H,46,48)/b45-32+. The average molecular weight is 723 g/mol. The molecule has 0 bridgehead atoms. The van der Waals surface area contributed by atoms with Gasteiger partial charge in [0.25, 0.3) is 5.91 Å². The van der Waals surface area contributed by atoms with Crippen LogP contribution in [0.15, 0.2) is 96.1 Å². The van der Waals surface area contributed by atoms with Gasteiger partial charge >= 0.3 is 5.97 Å². The predicted octanol–water partition coefficient (Wildman–Crippen LogP) is 10.4. The average Bonchev–Trinajstić information content (AvgIpc) is 3.18. The van der Waals surface area contributed by atoms with Crippen molar-refractivity contribution in [2.45, 2.75) is 97.5 Å². The zero-order chi connectivity index (χ0) is 37.5. The number of benzene rings is 4. The van der Waals surface area contributed by atoms with Gasteiger partial charge in [-0.05, 0) is 91.2 Å². The number of carbonyl (C=O) groups is 2. The highest BCUT2D eigenvalue weighted by atomic mass is 16.5. The highest BCUT2D eigenvalue weighted by Gasteiger charge is 2.11. The monoisotopic (exact) mass is 722 g/mol. The Balaban J connectivity index is 1.14. The number of hydrogen-bond donors (Lipinski definition) is 2. The van der Waals surface area contributed by atoms with Crippen molar-refractivity contribution in [1.82, 2.24) is 5.43 Å². The Hall–Kier alpha value is -5.31. The van der Waals surface area contributed by atoms with Crippen LogP contribution in [0, 0.1) is 0 Å². The topological polar surface area (TPSA) is 116 Å². The Morgan fingerprint density at radius 3 is 1.68 bits per heavy atom. The van der Waals surface area contributed by atoms with Crippen molar-refractivity contribution in [1.29, 1.82) is 0 Å². The molecule has 9 heteroatoms. The first-order chi connectivity index (χ1) is 25.9. The van der Waals surface area contributed by atoms with Crippen molar-refractivity contribution >= 4 is 18.1 Å². The van der Waals surface area contributed by atoms with Crippen molar-refractivity contribution in [3.63, 3.8) is 0 Å². The normalized spacial score (nSPS) is 11.0. The van der Waals surface area contributed by atoms with Crippen LogP contribution in [0.3, 0.4) is 0 Å². The lowest BCUT2D eigenvalue weighted by Crippen LogP contribution is -2.17. The molecule has 0 aliphatic carbocycles. The number of hydrazone groups is 1. The van der Waals surface area contributed by atoms with Crippen LogP contribution in [0.1, 0.15) is 123 Å². The van der Waals surface area contributed by atoms with Gasteiger partial charge in [0.2, 0.25) is 0 Å². The molecule has 0 aliphatic rings. The minimum Gasteiger partial charge on any atom is -0.507 e. The summed E-state index contributed by atoms with van der Waals surface area (Å²) in [5.74, 6) is 1.20. The zero-order valence-corrected chi connectivity index (χ0v) is 31.2. The molecule has 0 unspecified atom stereocenters. The van der Waals surface area contributed by atoms with E-state index in [0.717, 1.165) is 37.2 Å². The van der Waals surface area contributed by atoms with Crippen LogP contribution >= 0.6 is 0 Å². The summed E-state index contributed by atoms with van der Waals surface area (Å²) in [4.78, 5) is 25.2. The molecule has 0 atom stereocenters. The number of hydrogen-bond acceptors (Lipinski definition) is 8. The highest BCUT2D eigenvalue weighted by Crippen LogP contribution is 2.24. The molecule has 0 radical (unpaired) electrons. The molecule has 0 aliphatic heterocycles.